The number of carbonyl (C=O) groups is 2. The van der Waals surface area contributed by atoms with Gasteiger partial charge in [-0.15, -0.1) is 0 Å². The van der Waals surface area contributed by atoms with Crippen molar-refractivity contribution >= 4 is 11.8 Å². The number of methoxy groups -OCH3 is 1. The lowest BCUT2D eigenvalue weighted by molar-refractivity contribution is -0.143. The Morgan fingerprint density at radius 2 is 2.03 bits per heavy atom. The van der Waals surface area contributed by atoms with Gasteiger partial charge < -0.3 is 20.1 Å². The van der Waals surface area contributed by atoms with Gasteiger partial charge in [0.2, 0.25) is 0 Å². The Labute approximate surface area is 183 Å². The molecule has 8 heteroatoms. The Kier molecular flexibility index (Phi) is 7.81. The number of amides is 2. The number of nitrogens with one attached hydrogen (secondary N) is 1. The van der Waals surface area contributed by atoms with E-state index < -0.39 is 6.10 Å². The summed E-state index contributed by atoms with van der Waals surface area (Å²) in [6.07, 6.45) is 3.12. The fourth-order valence-electron chi connectivity index (χ4n) is 3.81. The van der Waals surface area contributed by atoms with Gasteiger partial charge in [0.15, 0.2) is 0 Å². The molecule has 8 nitrogen and oxygen atoms in total. The number of aromatic nitrogens is 2. The van der Waals surface area contributed by atoms with Gasteiger partial charge in [-0.05, 0) is 38.2 Å². The lowest BCUT2D eigenvalue weighted by atomic mass is 9.85. The number of aliphatic hydroxyl groups excluding tert-OH is 1. The maximum atomic E-state index is 12.6. The van der Waals surface area contributed by atoms with E-state index in [1.54, 1.807) is 29.9 Å². The molecule has 1 aromatic carbocycles. The summed E-state index contributed by atoms with van der Waals surface area (Å²) >= 11 is 0. The monoisotopic (exact) mass is 428 g/mol. The summed E-state index contributed by atoms with van der Waals surface area (Å²) in [5.74, 6) is -0.414. The third-order valence-electron chi connectivity index (χ3n) is 5.89. The Hall–Kier alpha value is -2.71. The largest absolute Gasteiger partial charge is 0.383 e. The average Bonchev–Trinajstić information content (AvgIpc) is 3.12. The summed E-state index contributed by atoms with van der Waals surface area (Å²) in [7, 11) is 3.35. The topological polar surface area (TPSA) is 96.7 Å². The number of hydrogen-bond acceptors (Lipinski definition) is 5. The fourth-order valence-corrected chi connectivity index (χ4v) is 3.81. The van der Waals surface area contributed by atoms with Crippen molar-refractivity contribution in [2.75, 3.05) is 20.8 Å². The van der Waals surface area contributed by atoms with Crippen LogP contribution in [0, 0.1) is 6.92 Å². The molecule has 2 amide bonds. The third kappa shape index (κ3) is 5.92. The molecule has 0 spiro atoms. The van der Waals surface area contributed by atoms with Gasteiger partial charge in [-0.1, -0.05) is 30.3 Å². The number of hydrogen-bond donors (Lipinski definition) is 2. The van der Waals surface area contributed by atoms with E-state index in [0.29, 0.717) is 50.1 Å². The molecule has 2 N–H and O–H groups in total. The van der Waals surface area contributed by atoms with E-state index in [0.717, 1.165) is 5.56 Å². The Morgan fingerprint density at radius 1 is 1.32 bits per heavy atom. The van der Waals surface area contributed by atoms with Crippen LogP contribution in [0.4, 0.5) is 0 Å². The number of benzene rings is 1. The van der Waals surface area contributed by atoms with Crippen molar-refractivity contribution in [3.63, 3.8) is 0 Å². The Bertz CT molecular complexity index is 877. The quantitative estimate of drug-likeness (QED) is 0.599. The number of ether oxygens (including phenoxy) is 1. The fraction of sp³-hybridized carbons (Fsp3) is 0.522. The predicted octanol–water partition coefficient (Wildman–Crippen LogP) is 1.55. The van der Waals surface area contributed by atoms with Crippen LogP contribution in [-0.2, 0) is 22.5 Å². The summed E-state index contributed by atoms with van der Waals surface area (Å²) in [5.41, 5.74) is 2.34. The van der Waals surface area contributed by atoms with E-state index in [2.05, 4.69) is 10.4 Å². The Morgan fingerprint density at radius 3 is 2.71 bits per heavy atom. The number of rotatable bonds is 10. The first-order valence-electron chi connectivity index (χ1n) is 10.7. The molecule has 0 aliphatic heterocycles. The highest BCUT2D eigenvalue weighted by atomic mass is 16.5. The molecule has 1 heterocycles. The highest BCUT2D eigenvalue weighted by Gasteiger charge is 2.37. The predicted molar refractivity (Wildman–Crippen MR) is 117 cm³/mol. The van der Waals surface area contributed by atoms with Gasteiger partial charge in [-0.25, -0.2) is 0 Å². The summed E-state index contributed by atoms with van der Waals surface area (Å²) in [5, 5.41) is 17.7. The van der Waals surface area contributed by atoms with Gasteiger partial charge in [-0.2, -0.15) is 5.10 Å². The molecular weight excluding hydrogens is 396 g/mol. The van der Waals surface area contributed by atoms with Crippen LogP contribution in [0.2, 0.25) is 0 Å². The maximum Gasteiger partial charge on any atom is 0.254 e. The molecule has 0 saturated heterocycles. The van der Waals surface area contributed by atoms with E-state index >= 15 is 0 Å². The van der Waals surface area contributed by atoms with Gasteiger partial charge in [-0.3, -0.25) is 14.3 Å². The lowest BCUT2D eigenvalue weighted by Crippen LogP contribution is -2.55. The van der Waals surface area contributed by atoms with Crippen molar-refractivity contribution in [2.45, 2.75) is 57.3 Å². The molecule has 2 aromatic rings. The zero-order chi connectivity index (χ0) is 22.4. The zero-order valence-electron chi connectivity index (χ0n) is 18.5. The first-order valence-corrected chi connectivity index (χ1v) is 10.7. The normalized spacial score (nSPS) is 18.8. The van der Waals surface area contributed by atoms with Crippen molar-refractivity contribution in [3.8, 4) is 0 Å². The molecule has 1 aromatic heterocycles. The second-order valence-electron chi connectivity index (χ2n) is 8.17. The molecule has 3 rings (SSSR count). The van der Waals surface area contributed by atoms with Crippen LogP contribution in [0.25, 0.3) is 0 Å². The lowest BCUT2D eigenvalue weighted by Gasteiger charge is -2.42. The van der Waals surface area contributed by atoms with Crippen LogP contribution in [-0.4, -0.2) is 70.6 Å². The van der Waals surface area contributed by atoms with Crippen LogP contribution < -0.4 is 5.32 Å². The molecule has 31 heavy (non-hydrogen) atoms. The van der Waals surface area contributed by atoms with Gasteiger partial charge in [0.05, 0.1) is 24.4 Å². The number of aliphatic hydroxyl groups is 1. The summed E-state index contributed by atoms with van der Waals surface area (Å²) < 4.78 is 6.75. The Balaban J connectivity index is 1.43. The van der Waals surface area contributed by atoms with E-state index in [1.807, 2.05) is 37.3 Å². The average molecular weight is 429 g/mol. The highest BCUT2D eigenvalue weighted by molar-refractivity contribution is 5.95. The molecule has 0 bridgehead atoms. The van der Waals surface area contributed by atoms with Gasteiger partial charge in [0.1, 0.15) is 6.10 Å². The second kappa shape index (κ2) is 10.5. The molecule has 1 atom stereocenters. The highest BCUT2D eigenvalue weighted by Crippen LogP contribution is 2.26. The molecular formula is C23H32N4O4. The summed E-state index contributed by atoms with van der Waals surface area (Å²) in [4.78, 5) is 26.7. The van der Waals surface area contributed by atoms with Crippen molar-refractivity contribution < 1.29 is 19.4 Å². The molecule has 1 aliphatic rings. The SMILES string of the molecule is COCCn1cc(C(=O)NC2CC(N(C)C(=O)C(O)CCc3ccccc3)C2)c(C)n1. The molecule has 1 fully saturated rings. The second-order valence-corrected chi connectivity index (χ2v) is 8.17. The number of nitrogens with zero attached hydrogens (tertiary/aromatic N) is 3. The smallest absolute Gasteiger partial charge is 0.254 e. The zero-order valence-corrected chi connectivity index (χ0v) is 18.5. The van der Waals surface area contributed by atoms with E-state index in [4.69, 9.17) is 4.74 Å². The van der Waals surface area contributed by atoms with Crippen molar-refractivity contribution in [1.29, 1.82) is 0 Å². The van der Waals surface area contributed by atoms with E-state index in [1.165, 1.54) is 0 Å². The van der Waals surface area contributed by atoms with Crippen LogP contribution in [0.5, 0.6) is 0 Å². The molecule has 1 aliphatic carbocycles. The van der Waals surface area contributed by atoms with Crippen molar-refractivity contribution in [1.82, 2.24) is 20.0 Å². The number of aryl methyl sites for hydroxylation is 2. The van der Waals surface area contributed by atoms with E-state index in [9.17, 15) is 14.7 Å². The van der Waals surface area contributed by atoms with Gasteiger partial charge in [0, 0.05) is 32.4 Å². The molecule has 168 valence electrons. The van der Waals surface area contributed by atoms with Crippen LogP contribution in [0.15, 0.2) is 36.5 Å². The minimum Gasteiger partial charge on any atom is -0.383 e. The first kappa shape index (κ1) is 23.0. The molecule has 1 unspecified atom stereocenters. The van der Waals surface area contributed by atoms with E-state index in [-0.39, 0.29) is 23.9 Å². The van der Waals surface area contributed by atoms with Gasteiger partial charge >= 0.3 is 0 Å². The first-order chi connectivity index (χ1) is 14.9. The van der Waals surface area contributed by atoms with Crippen molar-refractivity contribution in [2.24, 2.45) is 0 Å². The minimum atomic E-state index is -1.01. The standard InChI is InChI=1S/C23H32N4O4/c1-16-20(15-27(25-16)11-12-31-3)22(29)24-18-13-19(14-18)26(2)23(30)21(28)10-9-17-7-5-4-6-8-17/h4-8,15,18-19,21,28H,9-14H2,1-3H3,(H,24,29). The van der Waals surface area contributed by atoms with Crippen LogP contribution >= 0.6 is 0 Å². The third-order valence-corrected chi connectivity index (χ3v) is 5.89. The van der Waals surface area contributed by atoms with Crippen molar-refractivity contribution in [3.05, 3.63) is 53.3 Å². The number of carbonyl (C=O) groups excluding carboxylic acids is 2. The molecule has 1 saturated carbocycles. The van der Waals surface area contributed by atoms with Crippen LogP contribution in [0.1, 0.15) is 40.9 Å². The summed E-state index contributed by atoms with van der Waals surface area (Å²) in [6.45, 7) is 2.94. The van der Waals surface area contributed by atoms with Gasteiger partial charge in [0.25, 0.3) is 11.8 Å². The van der Waals surface area contributed by atoms with Crippen LogP contribution in [0.3, 0.4) is 0 Å². The maximum absolute atomic E-state index is 12.6. The number of likely N-dealkylation sites (N-methyl/N-ethyl adjacent to an activating group) is 1. The summed E-state index contributed by atoms with van der Waals surface area (Å²) in [6, 6.07) is 9.85. The minimum absolute atomic E-state index is 0.0101. The molecule has 0 radical (unpaired) electrons.